The minimum atomic E-state index is 0.313. The maximum Gasteiger partial charge on any atom is 0.163 e. The summed E-state index contributed by atoms with van der Waals surface area (Å²) in [7, 11) is 0. The predicted octanol–water partition coefficient (Wildman–Crippen LogP) is 3.59. The number of hydrogen-bond donors (Lipinski definition) is 0. The Balaban J connectivity index is 1.66. The van der Waals surface area contributed by atoms with Crippen molar-refractivity contribution in [3.63, 3.8) is 0 Å². The topological polar surface area (TPSA) is 29.5 Å². The number of nitrogens with zero attached hydrogens (tertiary/aromatic N) is 1. The van der Waals surface area contributed by atoms with Crippen molar-refractivity contribution in [1.82, 2.24) is 4.90 Å². The van der Waals surface area contributed by atoms with Crippen molar-refractivity contribution in [2.45, 2.75) is 45.6 Å². The molecule has 3 nitrogen and oxygen atoms in total. The Bertz CT molecular complexity index is 514. The molecule has 22 heavy (non-hydrogen) atoms. The van der Waals surface area contributed by atoms with E-state index in [0.717, 1.165) is 43.7 Å². The number of aryl methyl sites for hydroxylation is 1. The zero-order chi connectivity index (χ0) is 15.4. The number of benzene rings is 1. The summed E-state index contributed by atoms with van der Waals surface area (Å²) < 4.78 is 5.39. The third-order valence-electron chi connectivity index (χ3n) is 5.02. The van der Waals surface area contributed by atoms with Gasteiger partial charge >= 0.3 is 0 Å². The second-order valence-corrected chi connectivity index (χ2v) is 6.82. The van der Waals surface area contributed by atoms with Gasteiger partial charge < -0.3 is 4.74 Å². The molecule has 0 bridgehead atoms. The fraction of sp³-hybridized carbons (Fsp3) is 0.632. The number of carbonyl (C=O) groups excluding carboxylic acids is 1. The van der Waals surface area contributed by atoms with Crippen LogP contribution in [-0.4, -0.2) is 37.0 Å². The predicted molar refractivity (Wildman–Crippen MR) is 88.2 cm³/mol. The summed E-state index contributed by atoms with van der Waals surface area (Å²) in [5.41, 5.74) is 3.33. The molecule has 0 aromatic heterocycles. The highest BCUT2D eigenvalue weighted by Crippen LogP contribution is 2.23. The van der Waals surface area contributed by atoms with Crippen LogP contribution in [0.25, 0.3) is 0 Å². The van der Waals surface area contributed by atoms with E-state index in [9.17, 15) is 4.79 Å². The van der Waals surface area contributed by atoms with Gasteiger partial charge in [0.1, 0.15) is 0 Å². The quantitative estimate of drug-likeness (QED) is 0.778. The first-order valence-corrected chi connectivity index (χ1v) is 8.65. The molecule has 1 aromatic rings. The van der Waals surface area contributed by atoms with E-state index in [-0.39, 0.29) is 0 Å². The molecule has 0 unspecified atom stereocenters. The van der Waals surface area contributed by atoms with E-state index < -0.39 is 0 Å². The summed E-state index contributed by atoms with van der Waals surface area (Å²) in [4.78, 5) is 15.2. The first kappa shape index (κ1) is 15.7. The first-order valence-electron chi connectivity index (χ1n) is 8.65. The molecule has 2 aliphatic rings. The van der Waals surface area contributed by atoms with Crippen LogP contribution >= 0.6 is 0 Å². The zero-order valence-corrected chi connectivity index (χ0v) is 13.6. The molecule has 0 amide bonds. The number of carbonyl (C=O) groups is 1. The molecular weight excluding hydrogens is 274 g/mol. The highest BCUT2D eigenvalue weighted by molar-refractivity contribution is 5.97. The molecule has 0 radical (unpaired) electrons. The molecule has 0 saturated carbocycles. The number of ether oxygens (including phenoxy) is 1. The second kappa shape index (κ2) is 7.38. The molecule has 120 valence electrons. The van der Waals surface area contributed by atoms with Gasteiger partial charge in [0.15, 0.2) is 5.78 Å². The highest BCUT2D eigenvalue weighted by atomic mass is 16.5. The summed E-state index contributed by atoms with van der Waals surface area (Å²) >= 11 is 0. The van der Waals surface area contributed by atoms with E-state index in [1.165, 1.54) is 31.5 Å². The van der Waals surface area contributed by atoms with Gasteiger partial charge in [-0.1, -0.05) is 12.1 Å². The van der Waals surface area contributed by atoms with Crippen molar-refractivity contribution in [1.29, 1.82) is 0 Å². The van der Waals surface area contributed by atoms with E-state index in [4.69, 9.17) is 4.74 Å². The van der Waals surface area contributed by atoms with Crippen LogP contribution in [-0.2, 0) is 11.3 Å². The number of hydrogen-bond acceptors (Lipinski definition) is 3. The van der Waals surface area contributed by atoms with Gasteiger partial charge in [0.25, 0.3) is 0 Å². The van der Waals surface area contributed by atoms with E-state index in [1.54, 1.807) is 0 Å². The lowest BCUT2D eigenvalue weighted by atomic mass is 9.90. The summed E-state index contributed by atoms with van der Waals surface area (Å²) in [6.07, 6.45) is 5.34. The van der Waals surface area contributed by atoms with Gasteiger partial charge in [0.2, 0.25) is 0 Å². The van der Waals surface area contributed by atoms with Crippen molar-refractivity contribution in [2.24, 2.45) is 5.92 Å². The number of Topliss-reactive ketones (excluding diaryl/α,β-unsaturated/α-hetero) is 1. The van der Waals surface area contributed by atoms with Crippen molar-refractivity contribution in [3.8, 4) is 0 Å². The molecule has 0 atom stereocenters. The first-order chi connectivity index (χ1) is 10.7. The summed E-state index contributed by atoms with van der Waals surface area (Å²) in [5.74, 6) is 0.815. The highest BCUT2D eigenvalue weighted by Gasteiger charge is 2.20. The van der Waals surface area contributed by atoms with Crippen molar-refractivity contribution in [3.05, 3.63) is 34.9 Å². The Kier molecular flexibility index (Phi) is 5.27. The van der Waals surface area contributed by atoms with Crippen LogP contribution in [0.3, 0.4) is 0 Å². The maximum absolute atomic E-state index is 12.7. The Hall–Kier alpha value is -1.19. The second-order valence-electron chi connectivity index (χ2n) is 6.82. The Labute approximate surface area is 133 Å². The van der Waals surface area contributed by atoms with Gasteiger partial charge in [-0.3, -0.25) is 9.69 Å². The number of ketones is 1. The van der Waals surface area contributed by atoms with Gasteiger partial charge in [-0.05, 0) is 68.8 Å². The lowest BCUT2D eigenvalue weighted by molar-refractivity contribution is 0.0601. The minimum Gasteiger partial charge on any atom is -0.381 e. The van der Waals surface area contributed by atoms with E-state index in [1.807, 2.05) is 0 Å². The van der Waals surface area contributed by atoms with Crippen LogP contribution in [0, 0.1) is 12.8 Å². The van der Waals surface area contributed by atoms with E-state index in [0.29, 0.717) is 18.1 Å². The largest absolute Gasteiger partial charge is 0.381 e. The monoisotopic (exact) mass is 301 g/mol. The van der Waals surface area contributed by atoms with Gasteiger partial charge in [-0.25, -0.2) is 0 Å². The third kappa shape index (κ3) is 3.96. The standard InChI is InChI=1S/C19H27NO2/c1-15-4-5-17(14-20-8-2-3-9-20)12-18(15)19(21)13-16-6-10-22-11-7-16/h4-5,12,16H,2-3,6-11,13-14H2,1H3. The average molecular weight is 301 g/mol. The van der Waals surface area contributed by atoms with Crippen molar-refractivity contribution in [2.75, 3.05) is 26.3 Å². The Morgan fingerprint density at radius 2 is 1.95 bits per heavy atom. The summed E-state index contributed by atoms with van der Waals surface area (Å²) in [5, 5.41) is 0. The van der Waals surface area contributed by atoms with Crippen LogP contribution in [0.4, 0.5) is 0 Å². The maximum atomic E-state index is 12.7. The Morgan fingerprint density at radius 1 is 1.23 bits per heavy atom. The van der Waals surface area contributed by atoms with E-state index >= 15 is 0 Å². The minimum absolute atomic E-state index is 0.313. The molecule has 3 heteroatoms. The van der Waals surface area contributed by atoms with Crippen LogP contribution in [0.15, 0.2) is 18.2 Å². The molecule has 0 spiro atoms. The fourth-order valence-corrected chi connectivity index (χ4v) is 3.59. The fourth-order valence-electron chi connectivity index (χ4n) is 3.59. The zero-order valence-electron chi connectivity index (χ0n) is 13.6. The summed E-state index contributed by atoms with van der Waals surface area (Å²) in [6.45, 7) is 7.05. The molecule has 1 aromatic carbocycles. The van der Waals surface area contributed by atoms with Crippen molar-refractivity contribution >= 4 is 5.78 Å². The normalized spacial score (nSPS) is 20.4. The van der Waals surface area contributed by atoms with Crippen LogP contribution < -0.4 is 0 Å². The SMILES string of the molecule is Cc1ccc(CN2CCCC2)cc1C(=O)CC1CCOCC1. The van der Waals surface area contributed by atoms with E-state index in [2.05, 4.69) is 30.0 Å². The lowest BCUT2D eigenvalue weighted by Crippen LogP contribution is -2.20. The summed E-state index contributed by atoms with van der Waals surface area (Å²) in [6, 6.07) is 6.43. The van der Waals surface area contributed by atoms with Gasteiger partial charge in [-0.2, -0.15) is 0 Å². The van der Waals surface area contributed by atoms with Gasteiger partial charge in [0.05, 0.1) is 0 Å². The van der Waals surface area contributed by atoms with Crippen LogP contribution in [0.5, 0.6) is 0 Å². The molecule has 3 rings (SSSR count). The molecular formula is C19H27NO2. The lowest BCUT2D eigenvalue weighted by Gasteiger charge is -2.22. The van der Waals surface area contributed by atoms with Gasteiger partial charge in [-0.15, -0.1) is 0 Å². The third-order valence-corrected chi connectivity index (χ3v) is 5.02. The van der Waals surface area contributed by atoms with Crippen LogP contribution in [0.2, 0.25) is 0 Å². The molecule has 0 N–H and O–H groups in total. The smallest absolute Gasteiger partial charge is 0.163 e. The number of rotatable bonds is 5. The van der Waals surface area contributed by atoms with Crippen LogP contribution in [0.1, 0.15) is 53.6 Å². The van der Waals surface area contributed by atoms with Crippen molar-refractivity contribution < 1.29 is 9.53 Å². The Morgan fingerprint density at radius 3 is 2.68 bits per heavy atom. The van der Waals surface area contributed by atoms with Gasteiger partial charge in [0, 0.05) is 31.7 Å². The number of likely N-dealkylation sites (tertiary alicyclic amines) is 1. The molecule has 2 saturated heterocycles. The molecule has 2 heterocycles. The average Bonchev–Trinajstić information content (AvgIpc) is 3.03. The molecule has 0 aliphatic carbocycles. The molecule has 2 aliphatic heterocycles. The molecule has 2 fully saturated rings.